The van der Waals surface area contributed by atoms with E-state index in [2.05, 4.69) is 11.1 Å². The molecule has 0 bridgehead atoms. The van der Waals surface area contributed by atoms with Crippen LogP contribution < -0.4 is 11.5 Å². The van der Waals surface area contributed by atoms with Crippen LogP contribution in [0.5, 0.6) is 0 Å². The van der Waals surface area contributed by atoms with Crippen LogP contribution in [0.3, 0.4) is 0 Å². The Bertz CT molecular complexity index is 967. The molecule has 3 aromatic carbocycles. The number of anilines is 2. The van der Waals surface area contributed by atoms with Crippen LogP contribution in [-0.4, -0.2) is 4.98 Å². The van der Waals surface area contributed by atoms with Crippen molar-refractivity contribution in [3.05, 3.63) is 84.7 Å². The minimum atomic E-state index is -0.253. The number of aromatic nitrogens is 1. The van der Waals surface area contributed by atoms with Crippen molar-refractivity contribution in [2.45, 2.75) is 0 Å². The molecule has 0 aliphatic rings. The minimum Gasteiger partial charge on any atom is -0.399 e. The van der Waals surface area contributed by atoms with Gasteiger partial charge in [0.1, 0.15) is 5.82 Å². The molecule has 4 rings (SSSR count). The quantitative estimate of drug-likeness (QED) is 0.441. The third-order valence-corrected chi connectivity index (χ3v) is 4.39. The van der Waals surface area contributed by atoms with E-state index in [4.69, 9.17) is 11.5 Å². The van der Waals surface area contributed by atoms with Gasteiger partial charge in [-0.05, 0) is 59.2 Å². The molecular formula is C22H18FN3. The molecule has 0 spiro atoms. The first-order valence-corrected chi connectivity index (χ1v) is 8.31. The van der Waals surface area contributed by atoms with Gasteiger partial charge in [-0.25, -0.2) is 4.39 Å². The molecular weight excluding hydrogens is 325 g/mol. The van der Waals surface area contributed by atoms with E-state index in [1.807, 2.05) is 48.5 Å². The van der Waals surface area contributed by atoms with E-state index in [0.717, 1.165) is 39.3 Å². The summed E-state index contributed by atoms with van der Waals surface area (Å²) in [7, 11) is 0. The fourth-order valence-electron chi connectivity index (χ4n) is 3.01. The minimum absolute atomic E-state index is 0.253. The Hall–Kier alpha value is -3.53. The summed E-state index contributed by atoms with van der Waals surface area (Å²) in [5, 5.41) is 0. The first kappa shape index (κ1) is 16.0. The molecule has 128 valence electrons. The highest BCUT2D eigenvalue weighted by Gasteiger charge is 2.13. The van der Waals surface area contributed by atoms with Crippen molar-refractivity contribution in [2.75, 3.05) is 11.5 Å². The van der Waals surface area contributed by atoms with Gasteiger partial charge >= 0.3 is 0 Å². The van der Waals surface area contributed by atoms with Gasteiger partial charge in [0, 0.05) is 22.6 Å². The summed E-state index contributed by atoms with van der Waals surface area (Å²) < 4.78 is 13.3. The van der Waals surface area contributed by atoms with Crippen molar-refractivity contribution < 1.29 is 4.39 Å². The van der Waals surface area contributed by atoms with Gasteiger partial charge in [0.05, 0.1) is 5.69 Å². The molecule has 5 N–H and O–H groups in total. The molecule has 0 atom stereocenters. The normalized spacial score (nSPS) is 10.8. The fraction of sp³-hybridized carbons (Fsp3) is 0. The SMILES string of the molecule is Nc1ccc(-c2cc(-c3ccc(F)cc3)c(-c3ccc(N)cc3)[nH]2)cc1. The summed E-state index contributed by atoms with van der Waals surface area (Å²) in [6.45, 7) is 0. The first-order valence-electron chi connectivity index (χ1n) is 8.31. The lowest BCUT2D eigenvalue weighted by molar-refractivity contribution is 0.628. The molecule has 0 saturated heterocycles. The highest BCUT2D eigenvalue weighted by atomic mass is 19.1. The molecule has 0 amide bonds. The second kappa shape index (κ2) is 6.41. The Morgan fingerprint density at radius 1 is 0.615 bits per heavy atom. The number of aromatic amines is 1. The van der Waals surface area contributed by atoms with E-state index in [1.54, 1.807) is 12.1 Å². The van der Waals surface area contributed by atoms with Crippen LogP contribution in [0.15, 0.2) is 78.9 Å². The number of H-pyrrole nitrogens is 1. The van der Waals surface area contributed by atoms with E-state index in [9.17, 15) is 4.39 Å². The Morgan fingerprint density at radius 3 is 1.69 bits per heavy atom. The second-order valence-electron chi connectivity index (χ2n) is 6.22. The Morgan fingerprint density at radius 2 is 1.12 bits per heavy atom. The third kappa shape index (κ3) is 3.05. The van der Waals surface area contributed by atoms with Gasteiger partial charge in [-0.2, -0.15) is 0 Å². The third-order valence-electron chi connectivity index (χ3n) is 4.39. The summed E-state index contributed by atoms with van der Waals surface area (Å²) in [6, 6.07) is 24.0. The lowest BCUT2D eigenvalue weighted by Crippen LogP contribution is -1.86. The van der Waals surface area contributed by atoms with Gasteiger partial charge in [0.25, 0.3) is 0 Å². The lowest BCUT2D eigenvalue weighted by atomic mass is 10.0. The number of hydrogen-bond donors (Lipinski definition) is 3. The first-order chi connectivity index (χ1) is 12.6. The van der Waals surface area contributed by atoms with Crippen LogP contribution >= 0.6 is 0 Å². The Labute approximate surface area is 151 Å². The van der Waals surface area contributed by atoms with E-state index in [-0.39, 0.29) is 5.82 Å². The molecule has 0 unspecified atom stereocenters. The van der Waals surface area contributed by atoms with Crippen LogP contribution in [0.25, 0.3) is 33.6 Å². The molecule has 4 aromatic rings. The monoisotopic (exact) mass is 343 g/mol. The second-order valence-corrected chi connectivity index (χ2v) is 6.22. The van der Waals surface area contributed by atoms with Gasteiger partial charge in [-0.1, -0.05) is 36.4 Å². The maximum absolute atomic E-state index is 13.3. The summed E-state index contributed by atoms with van der Waals surface area (Å²) in [6.07, 6.45) is 0. The van der Waals surface area contributed by atoms with Crippen molar-refractivity contribution in [1.82, 2.24) is 4.98 Å². The average molecular weight is 343 g/mol. The standard InChI is InChI=1S/C22H18FN3/c23-17-7-1-14(2-8-17)20-13-21(15-3-9-18(24)10-4-15)26-22(20)16-5-11-19(25)12-6-16/h1-13,26H,24-25H2. The Balaban J connectivity index is 1.88. The van der Waals surface area contributed by atoms with Gasteiger partial charge < -0.3 is 16.5 Å². The average Bonchev–Trinajstić information content (AvgIpc) is 3.09. The molecule has 26 heavy (non-hydrogen) atoms. The number of halogens is 1. The zero-order valence-corrected chi connectivity index (χ0v) is 14.0. The summed E-state index contributed by atoms with van der Waals surface area (Å²) in [5.74, 6) is -0.253. The van der Waals surface area contributed by atoms with Crippen molar-refractivity contribution in [1.29, 1.82) is 0 Å². The van der Waals surface area contributed by atoms with Crippen LogP contribution in [0.1, 0.15) is 0 Å². The Kier molecular flexibility index (Phi) is 3.93. The van der Waals surface area contributed by atoms with Gasteiger partial charge in [0.2, 0.25) is 0 Å². The van der Waals surface area contributed by atoms with E-state index >= 15 is 0 Å². The van der Waals surface area contributed by atoms with Gasteiger partial charge in [-0.15, -0.1) is 0 Å². The number of nitrogen functional groups attached to an aromatic ring is 2. The summed E-state index contributed by atoms with van der Waals surface area (Å²) >= 11 is 0. The predicted octanol–water partition coefficient (Wildman–Crippen LogP) is 5.32. The molecule has 3 nitrogen and oxygen atoms in total. The molecule has 1 aromatic heterocycles. The molecule has 0 fully saturated rings. The van der Waals surface area contributed by atoms with Crippen LogP contribution in [-0.2, 0) is 0 Å². The number of nitrogens with one attached hydrogen (secondary N) is 1. The van der Waals surface area contributed by atoms with Crippen molar-refractivity contribution in [3.63, 3.8) is 0 Å². The van der Waals surface area contributed by atoms with Crippen molar-refractivity contribution in [2.24, 2.45) is 0 Å². The highest BCUT2D eigenvalue weighted by molar-refractivity contribution is 5.86. The topological polar surface area (TPSA) is 67.8 Å². The van der Waals surface area contributed by atoms with Crippen LogP contribution in [0.4, 0.5) is 15.8 Å². The van der Waals surface area contributed by atoms with E-state index in [1.165, 1.54) is 12.1 Å². The van der Waals surface area contributed by atoms with Crippen molar-refractivity contribution >= 4 is 11.4 Å². The number of hydrogen-bond acceptors (Lipinski definition) is 2. The van der Waals surface area contributed by atoms with Crippen molar-refractivity contribution in [3.8, 4) is 33.6 Å². The number of nitrogens with two attached hydrogens (primary N) is 2. The van der Waals surface area contributed by atoms with Gasteiger partial charge in [0.15, 0.2) is 0 Å². The van der Waals surface area contributed by atoms with Crippen LogP contribution in [0.2, 0.25) is 0 Å². The summed E-state index contributed by atoms with van der Waals surface area (Å²) in [5.41, 5.74) is 19.0. The van der Waals surface area contributed by atoms with E-state index < -0.39 is 0 Å². The fourth-order valence-corrected chi connectivity index (χ4v) is 3.01. The summed E-state index contributed by atoms with van der Waals surface area (Å²) in [4.78, 5) is 3.49. The molecule has 0 radical (unpaired) electrons. The van der Waals surface area contributed by atoms with Gasteiger partial charge in [-0.3, -0.25) is 0 Å². The molecule has 0 saturated carbocycles. The zero-order chi connectivity index (χ0) is 18.1. The number of rotatable bonds is 3. The molecule has 0 aliphatic heterocycles. The molecule has 1 heterocycles. The largest absolute Gasteiger partial charge is 0.399 e. The molecule has 4 heteroatoms. The maximum atomic E-state index is 13.3. The van der Waals surface area contributed by atoms with Crippen LogP contribution in [0, 0.1) is 5.82 Å². The van der Waals surface area contributed by atoms with E-state index in [0.29, 0.717) is 5.69 Å². The smallest absolute Gasteiger partial charge is 0.123 e. The maximum Gasteiger partial charge on any atom is 0.123 e. The lowest BCUT2D eigenvalue weighted by Gasteiger charge is -2.05. The predicted molar refractivity (Wildman–Crippen MR) is 106 cm³/mol. The number of benzene rings is 3. The molecule has 0 aliphatic carbocycles. The zero-order valence-electron chi connectivity index (χ0n) is 14.0. The highest BCUT2D eigenvalue weighted by Crippen LogP contribution is 2.36.